The van der Waals surface area contributed by atoms with E-state index in [-0.39, 0.29) is 0 Å². The minimum absolute atomic E-state index is 0.769. The molecule has 0 spiro atoms. The number of nitrogens with one attached hydrogen (secondary N) is 1. The van der Waals surface area contributed by atoms with E-state index in [0.717, 1.165) is 17.9 Å². The van der Waals surface area contributed by atoms with E-state index >= 15 is 0 Å². The molecule has 1 aromatic carbocycles. The number of imidazole rings is 1. The summed E-state index contributed by atoms with van der Waals surface area (Å²) in [6.45, 7) is 0.769. The number of benzene rings is 1. The van der Waals surface area contributed by atoms with E-state index in [0.29, 0.717) is 0 Å². The minimum atomic E-state index is 0.769. The fraction of sp³-hybridized carbons (Fsp3) is 0.182. The summed E-state index contributed by atoms with van der Waals surface area (Å²) in [5.41, 5.74) is 2.18. The number of rotatable bonds is 3. The van der Waals surface area contributed by atoms with Gasteiger partial charge >= 0.3 is 0 Å². The Kier molecular flexibility index (Phi) is 2.49. The molecule has 1 aromatic heterocycles. The fourth-order valence-electron chi connectivity index (χ4n) is 1.31. The molecule has 1 N–H and O–H groups in total. The van der Waals surface area contributed by atoms with Crippen molar-refractivity contribution < 1.29 is 0 Å². The average Bonchev–Trinajstić information content (AvgIpc) is 2.63. The lowest BCUT2D eigenvalue weighted by molar-refractivity contribution is 0.912. The predicted octanol–water partition coefficient (Wildman–Crippen LogP) is 2.03. The Labute approximate surface area is 83.4 Å². The third-order valence-corrected chi connectivity index (χ3v) is 2.01. The minimum Gasteiger partial charge on any atom is -0.379 e. The normalized spacial score (nSPS) is 10.1. The van der Waals surface area contributed by atoms with Crippen LogP contribution in [0.25, 0.3) is 0 Å². The molecule has 1 heterocycles. The highest BCUT2D eigenvalue weighted by molar-refractivity contribution is 5.42. The van der Waals surface area contributed by atoms with Crippen LogP contribution >= 0.6 is 0 Å². The molecule has 3 nitrogen and oxygen atoms in total. The van der Waals surface area contributed by atoms with Crippen LogP contribution in [-0.2, 0) is 13.6 Å². The van der Waals surface area contributed by atoms with Crippen molar-refractivity contribution in [2.24, 2.45) is 7.05 Å². The molecule has 2 rings (SSSR count). The van der Waals surface area contributed by atoms with Gasteiger partial charge in [-0.05, 0) is 12.1 Å². The molecule has 0 unspecified atom stereocenters. The van der Waals surface area contributed by atoms with E-state index in [9.17, 15) is 0 Å². The van der Waals surface area contributed by atoms with Crippen LogP contribution in [-0.4, -0.2) is 9.55 Å². The number of anilines is 1. The van der Waals surface area contributed by atoms with Gasteiger partial charge in [-0.3, -0.25) is 0 Å². The lowest BCUT2D eigenvalue weighted by atomic mass is 10.3. The van der Waals surface area contributed by atoms with Crippen molar-refractivity contribution in [2.75, 3.05) is 5.32 Å². The zero-order valence-corrected chi connectivity index (χ0v) is 8.14. The summed E-state index contributed by atoms with van der Waals surface area (Å²) >= 11 is 0. The van der Waals surface area contributed by atoms with Gasteiger partial charge in [0.1, 0.15) is 0 Å². The number of aromatic nitrogens is 2. The van der Waals surface area contributed by atoms with Gasteiger partial charge in [0.15, 0.2) is 0 Å². The second-order valence-corrected chi connectivity index (χ2v) is 3.25. The van der Waals surface area contributed by atoms with Crippen LogP contribution in [0, 0.1) is 0 Å². The van der Waals surface area contributed by atoms with Gasteiger partial charge in [0, 0.05) is 18.9 Å². The van der Waals surface area contributed by atoms with Crippen LogP contribution in [0.1, 0.15) is 5.69 Å². The highest BCUT2D eigenvalue weighted by atomic mass is 15.0. The second kappa shape index (κ2) is 3.96. The summed E-state index contributed by atoms with van der Waals surface area (Å²) < 4.78 is 1.95. The van der Waals surface area contributed by atoms with E-state index in [1.807, 2.05) is 54.5 Å². The van der Waals surface area contributed by atoms with Crippen molar-refractivity contribution in [3.8, 4) is 0 Å². The van der Waals surface area contributed by atoms with Gasteiger partial charge in [-0.1, -0.05) is 18.2 Å². The monoisotopic (exact) mass is 187 g/mol. The lowest BCUT2D eigenvalue weighted by Gasteiger charge is -2.02. The maximum Gasteiger partial charge on any atom is 0.0947 e. The van der Waals surface area contributed by atoms with Crippen molar-refractivity contribution in [1.82, 2.24) is 9.55 Å². The third-order valence-electron chi connectivity index (χ3n) is 2.01. The Bertz CT molecular complexity index is 392. The van der Waals surface area contributed by atoms with Crippen LogP contribution in [0.4, 0.5) is 5.69 Å². The van der Waals surface area contributed by atoms with Crippen LogP contribution in [0.5, 0.6) is 0 Å². The quantitative estimate of drug-likeness (QED) is 0.796. The van der Waals surface area contributed by atoms with E-state index in [1.54, 1.807) is 0 Å². The van der Waals surface area contributed by atoms with Gasteiger partial charge in [-0.15, -0.1) is 0 Å². The first-order valence-corrected chi connectivity index (χ1v) is 4.60. The molecule has 0 aliphatic carbocycles. The largest absolute Gasteiger partial charge is 0.379 e. The number of hydrogen-bond donors (Lipinski definition) is 1. The van der Waals surface area contributed by atoms with Crippen molar-refractivity contribution in [3.05, 3.63) is 48.5 Å². The summed E-state index contributed by atoms with van der Waals surface area (Å²) in [6, 6.07) is 10.1. The summed E-state index contributed by atoms with van der Waals surface area (Å²) in [5.74, 6) is 0. The zero-order valence-electron chi connectivity index (χ0n) is 8.14. The summed E-state index contributed by atoms with van der Waals surface area (Å²) in [7, 11) is 1.97. The molecular weight excluding hydrogens is 174 g/mol. The Morgan fingerprint density at radius 1 is 1.29 bits per heavy atom. The van der Waals surface area contributed by atoms with Crippen molar-refractivity contribution in [1.29, 1.82) is 0 Å². The number of hydrogen-bond acceptors (Lipinski definition) is 2. The van der Waals surface area contributed by atoms with Crippen LogP contribution in [0.3, 0.4) is 0 Å². The van der Waals surface area contributed by atoms with Gasteiger partial charge in [-0.2, -0.15) is 0 Å². The third kappa shape index (κ3) is 2.13. The standard InChI is InChI=1S/C11H13N3/c1-14-8-11(13-9-14)7-12-10-5-3-2-4-6-10/h2-6,8-9,12H,7H2,1H3. The van der Waals surface area contributed by atoms with Gasteiger partial charge in [0.2, 0.25) is 0 Å². The van der Waals surface area contributed by atoms with Gasteiger partial charge in [0.25, 0.3) is 0 Å². The average molecular weight is 187 g/mol. The molecule has 0 atom stereocenters. The fourth-order valence-corrected chi connectivity index (χ4v) is 1.31. The van der Waals surface area contributed by atoms with Crippen LogP contribution < -0.4 is 5.32 Å². The predicted molar refractivity (Wildman–Crippen MR) is 57.0 cm³/mol. The van der Waals surface area contributed by atoms with Gasteiger partial charge < -0.3 is 9.88 Å². The first kappa shape index (κ1) is 8.81. The Morgan fingerprint density at radius 3 is 2.71 bits per heavy atom. The molecule has 0 radical (unpaired) electrons. The molecule has 14 heavy (non-hydrogen) atoms. The van der Waals surface area contributed by atoms with E-state index in [2.05, 4.69) is 10.3 Å². The molecule has 0 amide bonds. The molecule has 0 saturated carbocycles. The summed E-state index contributed by atoms with van der Waals surface area (Å²) in [6.07, 6.45) is 3.82. The maximum atomic E-state index is 4.23. The van der Waals surface area contributed by atoms with Crippen molar-refractivity contribution in [3.63, 3.8) is 0 Å². The molecule has 0 fully saturated rings. The molecular formula is C11H13N3. The SMILES string of the molecule is Cn1cnc(CNc2ccccc2)c1. The molecule has 0 aliphatic rings. The summed E-state index contributed by atoms with van der Waals surface area (Å²) in [5, 5.41) is 3.30. The van der Waals surface area contributed by atoms with E-state index < -0.39 is 0 Å². The first-order valence-electron chi connectivity index (χ1n) is 4.60. The lowest BCUT2D eigenvalue weighted by Crippen LogP contribution is -1.98. The van der Waals surface area contributed by atoms with Gasteiger partial charge in [0.05, 0.1) is 18.6 Å². The molecule has 2 aromatic rings. The smallest absolute Gasteiger partial charge is 0.0947 e. The van der Waals surface area contributed by atoms with Crippen molar-refractivity contribution >= 4 is 5.69 Å². The first-order chi connectivity index (χ1) is 6.84. The van der Waals surface area contributed by atoms with Gasteiger partial charge in [-0.25, -0.2) is 4.98 Å². The molecule has 0 bridgehead atoms. The summed E-state index contributed by atoms with van der Waals surface area (Å²) in [4.78, 5) is 4.23. The topological polar surface area (TPSA) is 29.9 Å². The molecule has 0 saturated heterocycles. The molecule has 3 heteroatoms. The molecule has 0 aliphatic heterocycles. The van der Waals surface area contributed by atoms with Crippen LogP contribution in [0.15, 0.2) is 42.9 Å². The second-order valence-electron chi connectivity index (χ2n) is 3.25. The highest BCUT2D eigenvalue weighted by Crippen LogP contribution is 2.06. The number of para-hydroxylation sites is 1. The Hall–Kier alpha value is -1.77. The maximum absolute atomic E-state index is 4.23. The van der Waals surface area contributed by atoms with Crippen LogP contribution in [0.2, 0.25) is 0 Å². The highest BCUT2D eigenvalue weighted by Gasteiger charge is 1.95. The molecule has 72 valence electrons. The van der Waals surface area contributed by atoms with E-state index in [4.69, 9.17) is 0 Å². The Balaban J connectivity index is 1.95. The Morgan fingerprint density at radius 2 is 2.07 bits per heavy atom. The van der Waals surface area contributed by atoms with Crippen molar-refractivity contribution in [2.45, 2.75) is 6.54 Å². The van der Waals surface area contributed by atoms with E-state index in [1.165, 1.54) is 0 Å². The number of aryl methyl sites for hydroxylation is 1. The number of nitrogens with zero attached hydrogens (tertiary/aromatic N) is 2. The zero-order chi connectivity index (χ0) is 9.80.